The molecule has 0 spiro atoms. The second kappa shape index (κ2) is 9.89. The molecule has 8 heteroatoms. The zero-order valence-corrected chi connectivity index (χ0v) is 20.3. The van der Waals surface area contributed by atoms with Gasteiger partial charge in [-0.3, -0.25) is 4.90 Å². The van der Waals surface area contributed by atoms with Crippen molar-refractivity contribution in [1.82, 2.24) is 10.2 Å². The molecule has 4 rings (SSSR count). The molecule has 178 valence electrons. The fourth-order valence-electron chi connectivity index (χ4n) is 4.33. The number of nitrogens with two attached hydrogens (primary N) is 1. The van der Waals surface area contributed by atoms with Crippen LogP contribution in [0.5, 0.6) is 0 Å². The Hall–Kier alpha value is -3.33. The molecule has 1 heterocycles. The van der Waals surface area contributed by atoms with Crippen LogP contribution in [0, 0.1) is 0 Å². The first-order valence-corrected chi connectivity index (χ1v) is 12.8. The Morgan fingerprint density at radius 1 is 1.03 bits per heavy atom. The molecule has 2 unspecified atom stereocenters. The van der Waals surface area contributed by atoms with Gasteiger partial charge in [0.25, 0.3) is 0 Å². The van der Waals surface area contributed by atoms with E-state index in [1.807, 2.05) is 61.6 Å². The van der Waals surface area contributed by atoms with E-state index >= 15 is 0 Å². The van der Waals surface area contributed by atoms with E-state index in [2.05, 4.69) is 34.4 Å². The fraction of sp³-hybridized carbons (Fsp3) is 0.231. The van der Waals surface area contributed by atoms with Crippen molar-refractivity contribution < 1.29 is 8.42 Å². The molecule has 0 saturated heterocycles. The lowest BCUT2D eigenvalue weighted by Gasteiger charge is -2.43. The van der Waals surface area contributed by atoms with Gasteiger partial charge in [0.1, 0.15) is 12.3 Å². The summed E-state index contributed by atoms with van der Waals surface area (Å²) in [5.41, 5.74) is 5.31. The quantitative estimate of drug-likeness (QED) is 0.382. The van der Waals surface area contributed by atoms with E-state index in [1.165, 1.54) is 6.07 Å². The van der Waals surface area contributed by atoms with Gasteiger partial charge in [0.05, 0.1) is 4.90 Å². The largest absolute Gasteiger partial charge is 0.385 e. The smallest absolute Gasteiger partial charge is 0.238 e. The SMILES string of the molecule is C=C(NC1c2ccccc2NC(c2ccccc2S(N)(=O)=O)N1C)c1ccccc1NCCC. The summed E-state index contributed by atoms with van der Waals surface area (Å²) in [6.07, 6.45) is 0.329. The molecule has 0 aromatic heterocycles. The Balaban J connectivity index is 1.72. The molecule has 2 atom stereocenters. The Labute approximate surface area is 201 Å². The van der Waals surface area contributed by atoms with Crippen molar-refractivity contribution in [3.05, 3.63) is 96.1 Å². The van der Waals surface area contributed by atoms with Crippen LogP contribution in [0.15, 0.2) is 84.3 Å². The lowest BCUT2D eigenvalue weighted by atomic mass is 10.0. The van der Waals surface area contributed by atoms with Gasteiger partial charge in [0.15, 0.2) is 0 Å². The van der Waals surface area contributed by atoms with Gasteiger partial charge >= 0.3 is 0 Å². The van der Waals surface area contributed by atoms with Gasteiger partial charge in [-0.2, -0.15) is 0 Å². The van der Waals surface area contributed by atoms with Crippen LogP contribution in [-0.2, 0) is 10.0 Å². The minimum atomic E-state index is -3.89. The fourth-order valence-corrected chi connectivity index (χ4v) is 5.11. The average Bonchev–Trinajstić information content (AvgIpc) is 2.84. The normalized spacial score (nSPS) is 18.0. The van der Waals surface area contributed by atoms with E-state index in [1.54, 1.807) is 12.1 Å². The van der Waals surface area contributed by atoms with Crippen molar-refractivity contribution in [2.75, 3.05) is 24.2 Å². The van der Waals surface area contributed by atoms with Crippen LogP contribution in [0.2, 0.25) is 0 Å². The topological polar surface area (TPSA) is 99.5 Å². The predicted molar refractivity (Wildman–Crippen MR) is 139 cm³/mol. The summed E-state index contributed by atoms with van der Waals surface area (Å²) in [7, 11) is -1.95. The van der Waals surface area contributed by atoms with Gasteiger partial charge in [-0.15, -0.1) is 0 Å². The molecule has 0 fully saturated rings. The highest BCUT2D eigenvalue weighted by Crippen LogP contribution is 2.40. The summed E-state index contributed by atoms with van der Waals surface area (Å²) >= 11 is 0. The summed E-state index contributed by atoms with van der Waals surface area (Å²) in [5, 5.41) is 16.1. The second-order valence-corrected chi connectivity index (χ2v) is 9.91. The molecule has 7 nitrogen and oxygen atoms in total. The maximum atomic E-state index is 12.3. The third kappa shape index (κ3) is 4.79. The zero-order valence-electron chi connectivity index (χ0n) is 19.5. The minimum absolute atomic E-state index is 0.102. The maximum absolute atomic E-state index is 12.3. The minimum Gasteiger partial charge on any atom is -0.385 e. The first kappa shape index (κ1) is 23.8. The molecule has 5 N–H and O–H groups in total. The van der Waals surface area contributed by atoms with E-state index in [4.69, 9.17) is 5.14 Å². The Morgan fingerprint density at radius 2 is 1.68 bits per heavy atom. The first-order valence-electron chi connectivity index (χ1n) is 11.3. The number of sulfonamides is 1. The van der Waals surface area contributed by atoms with Crippen LogP contribution < -0.4 is 21.1 Å². The van der Waals surface area contributed by atoms with Crippen molar-refractivity contribution in [1.29, 1.82) is 0 Å². The molecule has 3 aromatic carbocycles. The number of benzene rings is 3. The number of primary sulfonamides is 1. The highest BCUT2D eigenvalue weighted by molar-refractivity contribution is 7.89. The van der Waals surface area contributed by atoms with Crippen LogP contribution in [0.4, 0.5) is 11.4 Å². The van der Waals surface area contributed by atoms with Crippen LogP contribution in [-0.4, -0.2) is 26.9 Å². The molecule has 0 radical (unpaired) electrons. The number of nitrogens with zero attached hydrogens (tertiary/aromatic N) is 1. The van der Waals surface area contributed by atoms with Gasteiger partial charge in [0.2, 0.25) is 10.0 Å². The Bertz CT molecular complexity index is 1290. The van der Waals surface area contributed by atoms with E-state index in [0.717, 1.165) is 41.2 Å². The maximum Gasteiger partial charge on any atom is 0.238 e. The van der Waals surface area contributed by atoms with E-state index in [-0.39, 0.29) is 11.1 Å². The second-order valence-electron chi connectivity index (χ2n) is 8.38. The van der Waals surface area contributed by atoms with Gasteiger partial charge in [-0.25, -0.2) is 13.6 Å². The highest BCUT2D eigenvalue weighted by Gasteiger charge is 2.35. The first-order chi connectivity index (χ1) is 16.3. The standard InChI is InChI=1S/C26H31N5O2S/c1-4-17-28-22-14-8-5-11-19(22)18(2)29-25-20-12-6-9-15-23(20)30-26(31(25)3)21-13-7-10-16-24(21)34(27,32)33/h5-16,25-26,28-30H,2,4,17H2,1,3H3,(H2,27,32,33). The average molecular weight is 478 g/mol. The van der Waals surface area contributed by atoms with Gasteiger partial charge in [-0.1, -0.05) is 68.1 Å². The summed E-state index contributed by atoms with van der Waals surface area (Å²) in [5.74, 6) is 0. The summed E-state index contributed by atoms with van der Waals surface area (Å²) in [6.45, 7) is 7.33. The van der Waals surface area contributed by atoms with Crippen LogP contribution in [0.1, 0.15) is 42.4 Å². The van der Waals surface area contributed by atoms with Gasteiger partial charge in [-0.05, 0) is 31.7 Å². The van der Waals surface area contributed by atoms with Gasteiger partial charge in [0, 0.05) is 40.3 Å². The zero-order chi connectivity index (χ0) is 24.3. The number of anilines is 2. The molecular formula is C26H31N5O2S. The third-order valence-corrected chi connectivity index (χ3v) is 7.00. The molecular weight excluding hydrogens is 446 g/mol. The molecule has 0 amide bonds. The number of hydrogen-bond acceptors (Lipinski definition) is 6. The molecule has 0 aliphatic carbocycles. The summed E-state index contributed by atoms with van der Waals surface area (Å²) in [6, 6.07) is 22.9. The van der Waals surface area contributed by atoms with E-state index in [0.29, 0.717) is 5.56 Å². The third-order valence-electron chi connectivity index (χ3n) is 6.01. The Kier molecular flexibility index (Phi) is 6.92. The number of hydrogen-bond donors (Lipinski definition) is 4. The monoisotopic (exact) mass is 477 g/mol. The van der Waals surface area contributed by atoms with Crippen LogP contribution in [0.25, 0.3) is 5.70 Å². The number of para-hydroxylation sites is 2. The van der Waals surface area contributed by atoms with Crippen molar-refractivity contribution in [3.8, 4) is 0 Å². The van der Waals surface area contributed by atoms with E-state index in [9.17, 15) is 8.42 Å². The number of fused-ring (bicyclic) bond motifs is 1. The van der Waals surface area contributed by atoms with Crippen LogP contribution >= 0.6 is 0 Å². The van der Waals surface area contributed by atoms with E-state index < -0.39 is 16.2 Å². The molecule has 0 saturated carbocycles. The highest BCUT2D eigenvalue weighted by atomic mass is 32.2. The van der Waals surface area contributed by atoms with Gasteiger partial charge < -0.3 is 16.0 Å². The Morgan fingerprint density at radius 3 is 2.41 bits per heavy atom. The molecule has 34 heavy (non-hydrogen) atoms. The van der Waals surface area contributed by atoms with Crippen molar-refractivity contribution >= 4 is 27.1 Å². The number of rotatable bonds is 8. The van der Waals surface area contributed by atoms with Crippen molar-refractivity contribution in [2.24, 2.45) is 5.14 Å². The summed E-state index contributed by atoms with van der Waals surface area (Å²) in [4.78, 5) is 2.16. The lowest BCUT2D eigenvalue weighted by Crippen LogP contribution is -2.44. The molecule has 1 aliphatic rings. The van der Waals surface area contributed by atoms with Crippen molar-refractivity contribution in [3.63, 3.8) is 0 Å². The lowest BCUT2D eigenvalue weighted by molar-refractivity contribution is 0.164. The van der Waals surface area contributed by atoms with Crippen LogP contribution in [0.3, 0.4) is 0 Å². The molecule has 1 aliphatic heterocycles. The number of nitrogens with one attached hydrogen (secondary N) is 3. The predicted octanol–water partition coefficient (Wildman–Crippen LogP) is 4.47. The summed E-state index contributed by atoms with van der Waals surface area (Å²) < 4.78 is 24.6. The molecule has 3 aromatic rings. The molecule has 0 bridgehead atoms. The van der Waals surface area contributed by atoms with Crippen molar-refractivity contribution in [2.45, 2.75) is 30.6 Å².